The molecule has 1 aromatic carbocycles. The maximum Gasteiger partial charge on any atom is 0.317 e. The monoisotopic (exact) mass is 380 g/mol. The van der Waals surface area contributed by atoms with Gasteiger partial charge in [-0.3, -0.25) is 9.88 Å². The average Bonchev–Trinajstić information content (AvgIpc) is 2.71. The third-order valence-corrected chi connectivity index (χ3v) is 5.64. The number of amides is 2. The van der Waals surface area contributed by atoms with Crippen molar-refractivity contribution in [2.24, 2.45) is 5.92 Å². The number of piperidine rings is 1. The van der Waals surface area contributed by atoms with Crippen LogP contribution in [-0.2, 0) is 6.54 Å². The molecular formula is C23H32N4O. The minimum absolute atomic E-state index is 0.0619. The molecule has 1 atom stereocenters. The van der Waals surface area contributed by atoms with Gasteiger partial charge in [0, 0.05) is 19.8 Å². The summed E-state index contributed by atoms with van der Waals surface area (Å²) >= 11 is 0. The molecular weight excluding hydrogens is 348 g/mol. The van der Waals surface area contributed by atoms with Gasteiger partial charge in [0.15, 0.2) is 0 Å². The van der Waals surface area contributed by atoms with E-state index in [0.717, 1.165) is 24.7 Å². The minimum Gasteiger partial charge on any atom is -0.336 e. The van der Waals surface area contributed by atoms with Crippen LogP contribution in [0.15, 0.2) is 48.7 Å². The van der Waals surface area contributed by atoms with Crippen molar-refractivity contribution in [1.82, 2.24) is 20.1 Å². The molecule has 1 fully saturated rings. The van der Waals surface area contributed by atoms with Crippen molar-refractivity contribution in [3.8, 4) is 0 Å². The number of carbonyl (C=O) groups is 1. The molecule has 0 saturated carbocycles. The summed E-state index contributed by atoms with van der Waals surface area (Å²) in [6.45, 7) is 7.72. The number of aryl methyl sites for hydroxylation is 1. The molecule has 2 aromatic rings. The fourth-order valence-electron chi connectivity index (χ4n) is 3.71. The van der Waals surface area contributed by atoms with Gasteiger partial charge in [-0.05, 0) is 56.5 Å². The summed E-state index contributed by atoms with van der Waals surface area (Å²) in [6, 6.07) is 14.6. The van der Waals surface area contributed by atoms with Crippen LogP contribution in [0.5, 0.6) is 0 Å². The molecule has 5 nitrogen and oxygen atoms in total. The molecule has 1 saturated heterocycles. The second kappa shape index (κ2) is 9.69. The number of carbonyl (C=O) groups excluding carboxylic acids is 1. The first-order valence-corrected chi connectivity index (χ1v) is 10.2. The van der Waals surface area contributed by atoms with Crippen molar-refractivity contribution in [2.45, 2.75) is 39.3 Å². The molecule has 0 unspecified atom stereocenters. The SMILES string of the molecule is Cc1ccc([C@H](CNC(=O)N(C)Cc2ccccn2)N2CCC(C)CC2)cc1. The van der Waals surface area contributed by atoms with Crippen molar-refractivity contribution in [1.29, 1.82) is 0 Å². The number of nitrogens with one attached hydrogen (secondary N) is 1. The maximum atomic E-state index is 12.6. The van der Waals surface area contributed by atoms with E-state index < -0.39 is 0 Å². The highest BCUT2D eigenvalue weighted by Crippen LogP contribution is 2.26. The van der Waals surface area contributed by atoms with E-state index >= 15 is 0 Å². The molecule has 1 aliphatic heterocycles. The number of aromatic nitrogens is 1. The lowest BCUT2D eigenvalue weighted by Gasteiger charge is -2.37. The van der Waals surface area contributed by atoms with E-state index in [2.05, 4.69) is 53.3 Å². The minimum atomic E-state index is -0.0619. The smallest absolute Gasteiger partial charge is 0.317 e. The fourth-order valence-corrected chi connectivity index (χ4v) is 3.71. The van der Waals surface area contributed by atoms with Crippen molar-refractivity contribution >= 4 is 6.03 Å². The third kappa shape index (κ3) is 5.55. The van der Waals surface area contributed by atoms with Gasteiger partial charge < -0.3 is 10.2 Å². The van der Waals surface area contributed by atoms with E-state index in [1.54, 1.807) is 11.1 Å². The lowest BCUT2D eigenvalue weighted by molar-refractivity contribution is 0.134. The van der Waals surface area contributed by atoms with Crippen LogP contribution in [0.3, 0.4) is 0 Å². The summed E-state index contributed by atoms with van der Waals surface area (Å²) < 4.78 is 0. The van der Waals surface area contributed by atoms with Crippen LogP contribution in [0.2, 0.25) is 0 Å². The molecule has 0 radical (unpaired) electrons. The second-order valence-electron chi connectivity index (χ2n) is 8.01. The van der Waals surface area contributed by atoms with Crippen molar-refractivity contribution in [3.63, 3.8) is 0 Å². The summed E-state index contributed by atoms with van der Waals surface area (Å²) in [6.07, 6.45) is 4.19. The largest absolute Gasteiger partial charge is 0.336 e. The molecule has 150 valence electrons. The van der Waals surface area contributed by atoms with Crippen LogP contribution in [0.1, 0.15) is 42.6 Å². The highest BCUT2D eigenvalue weighted by atomic mass is 16.2. The number of hydrogen-bond acceptors (Lipinski definition) is 3. The fraction of sp³-hybridized carbons (Fsp3) is 0.478. The van der Waals surface area contributed by atoms with Gasteiger partial charge >= 0.3 is 6.03 Å². The zero-order chi connectivity index (χ0) is 19.9. The second-order valence-corrected chi connectivity index (χ2v) is 8.01. The molecule has 1 aliphatic rings. The lowest BCUT2D eigenvalue weighted by atomic mass is 9.95. The zero-order valence-electron chi connectivity index (χ0n) is 17.3. The Hall–Kier alpha value is -2.40. The van der Waals surface area contributed by atoms with Gasteiger partial charge in [0.2, 0.25) is 0 Å². The Labute approximate surface area is 168 Å². The number of nitrogens with zero attached hydrogens (tertiary/aromatic N) is 3. The summed E-state index contributed by atoms with van der Waals surface area (Å²) in [5.74, 6) is 0.786. The summed E-state index contributed by atoms with van der Waals surface area (Å²) in [4.78, 5) is 21.1. The number of likely N-dealkylation sites (tertiary alicyclic amines) is 1. The molecule has 1 aromatic heterocycles. The molecule has 2 heterocycles. The first kappa shape index (κ1) is 20.3. The van der Waals surface area contributed by atoms with Crippen LogP contribution in [-0.4, -0.2) is 47.5 Å². The van der Waals surface area contributed by atoms with Crippen LogP contribution in [0, 0.1) is 12.8 Å². The van der Waals surface area contributed by atoms with E-state index in [4.69, 9.17) is 0 Å². The standard InChI is InChI=1S/C23H32N4O/c1-18-7-9-20(10-8-18)22(27-14-11-19(2)12-15-27)16-25-23(28)26(3)17-21-6-4-5-13-24-21/h4-10,13,19,22H,11-12,14-17H2,1-3H3,(H,25,28)/t22-/m0/s1. The molecule has 5 heteroatoms. The Kier molecular flexibility index (Phi) is 7.04. The van der Waals surface area contributed by atoms with E-state index in [0.29, 0.717) is 13.1 Å². The van der Waals surface area contributed by atoms with Gasteiger partial charge in [0.25, 0.3) is 0 Å². The Bertz CT molecular complexity index is 739. The number of urea groups is 1. The highest BCUT2D eigenvalue weighted by molar-refractivity contribution is 5.73. The summed E-state index contributed by atoms with van der Waals surface area (Å²) in [5.41, 5.74) is 3.42. The maximum absolute atomic E-state index is 12.6. The van der Waals surface area contributed by atoms with Gasteiger partial charge in [0.05, 0.1) is 18.3 Å². The lowest BCUT2D eigenvalue weighted by Crippen LogP contribution is -2.44. The van der Waals surface area contributed by atoms with Gasteiger partial charge in [-0.2, -0.15) is 0 Å². The molecule has 28 heavy (non-hydrogen) atoms. The summed E-state index contributed by atoms with van der Waals surface area (Å²) in [7, 11) is 1.81. The van der Waals surface area contributed by atoms with Crippen molar-refractivity contribution < 1.29 is 4.79 Å². The van der Waals surface area contributed by atoms with E-state index in [-0.39, 0.29) is 12.1 Å². The number of benzene rings is 1. The van der Waals surface area contributed by atoms with E-state index in [1.807, 2.05) is 25.2 Å². The predicted octanol–water partition coefficient (Wildman–Crippen LogP) is 4.00. The Morgan fingerprint density at radius 3 is 2.57 bits per heavy atom. The molecule has 0 bridgehead atoms. The summed E-state index contributed by atoms with van der Waals surface area (Å²) in [5, 5.41) is 3.14. The van der Waals surface area contributed by atoms with Crippen LogP contribution in [0.25, 0.3) is 0 Å². The van der Waals surface area contributed by atoms with Crippen LogP contribution < -0.4 is 5.32 Å². The molecule has 3 rings (SSSR count). The quantitative estimate of drug-likeness (QED) is 0.824. The predicted molar refractivity (Wildman–Crippen MR) is 113 cm³/mol. The van der Waals surface area contributed by atoms with Gasteiger partial charge in [-0.25, -0.2) is 4.79 Å². The Morgan fingerprint density at radius 2 is 1.93 bits per heavy atom. The first-order valence-electron chi connectivity index (χ1n) is 10.2. The highest BCUT2D eigenvalue weighted by Gasteiger charge is 2.25. The normalized spacial score (nSPS) is 16.5. The topological polar surface area (TPSA) is 48.5 Å². The van der Waals surface area contributed by atoms with Crippen LogP contribution in [0.4, 0.5) is 4.79 Å². The molecule has 0 aliphatic carbocycles. The van der Waals surface area contributed by atoms with Crippen molar-refractivity contribution in [3.05, 3.63) is 65.5 Å². The van der Waals surface area contributed by atoms with Crippen LogP contribution >= 0.6 is 0 Å². The van der Waals surface area contributed by atoms with E-state index in [9.17, 15) is 4.79 Å². The molecule has 1 N–H and O–H groups in total. The van der Waals surface area contributed by atoms with Gasteiger partial charge in [-0.1, -0.05) is 42.8 Å². The number of pyridine rings is 1. The molecule has 2 amide bonds. The average molecular weight is 381 g/mol. The first-order chi connectivity index (χ1) is 13.5. The van der Waals surface area contributed by atoms with Gasteiger partial charge in [-0.15, -0.1) is 0 Å². The van der Waals surface area contributed by atoms with Crippen molar-refractivity contribution in [2.75, 3.05) is 26.7 Å². The number of rotatable bonds is 6. The third-order valence-electron chi connectivity index (χ3n) is 5.64. The number of hydrogen-bond donors (Lipinski definition) is 1. The Morgan fingerprint density at radius 1 is 1.21 bits per heavy atom. The zero-order valence-corrected chi connectivity index (χ0v) is 17.3. The van der Waals surface area contributed by atoms with Gasteiger partial charge in [0.1, 0.15) is 0 Å². The molecule has 0 spiro atoms. The Balaban J connectivity index is 1.63. The van der Waals surface area contributed by atoms with E-state index in [1.165, 1.54) is 24.0 Å².